The molecular weight excluding hydrogens is 314 g/mol. The van der Waals surface area contributed by atoms with Crippen molar-refractivity contribution < 1.29 is 14.1 Å². The molecule has 0 unspecified atom stereocenters. The molecule has 0 aliphatic heterocycles. The molecule has 118 valence electrons. The number of esters is 1. The minimum atomic E-state index is -0.350. The summed E-state index contributed by atoms with van der Waals surface area (Å²) in [5.41, 5.74) is 3.30. The van der Waals surface area contributed by atoms with Gasteiger partial charge in [0, 0.05) is 16.6 Å². The van der Waals surface area contributed by atoms with E-state index in [0.717, 1.165) is 16.8 Å². The van der Waals surface area contributed by atoms with E-state index in [9.17, 15) is 4.79 Å². The van der Waals surface area contributed by atoms with Gasteiger partial charge in [-0.3, -0.25) is 0 Å². The van der Waals surface area contributed by atoms with Crippen LogP contribution < -0.4 is 5.32 Å². The molecular formula is C16H15N3O3S. The van der Waals surface area contributed by atoms with Crippen molar-refractivity contribution in [2.24, 2.45) is 0 Å². The highest BCUT2D eigenvalue weighted by molar-refractivity contribution is 7.08. The van der Waals surface area contributed by atoms with E-state index in [1.807, 2.05) is 29.8 Å². The van der Waals surface area contributed by atoms with Gasteiger partial charge >= 0.3 is 5.97 Å². The predicted molar refractivity (Wildman–Crippen MR) is 87.5 cm³/mol. The van der Waals surface area contributed by atoms with Crippen LogP contribution in [0.5, 0.6) is 0 Å². The van der Waals surface area contributed by atoms with Gasteiger partial charge in [0.15, 0.2) is 0 Å². The van der Waals surface area contributed by atoms with Crippen molar-refractivity contribution in [1.29, 1.82) is 0 Å². The Hall–Kier alpha value is -2.67. The third kappa shape index (κ3) is 3.40. The predicted octanol–water partition coefficient (Wildman–Crippen LogP) is 3.51. The van der Waals surface area contributed by atoms with E-state index >= 15 is 0 Å². The van der Waals surface area contributed by atoms with Crippen LogP contribution in [-0.2, 0) is 11.3 Å². The molecule has 0 radical (unpaired) electrons. The van der Waals surface area contributed by atoms with Crippen LogP contribution in [0.1, 0.15) is 21.8 Å². The Morgan fingerprint density at radius 2 is 2.26 bits per heavy atom. The smallest absolute Gasteiger partial charge is 0.337 e. The summed E-state index contributed by atoms with van der Waals surface area (Å²) in [5.74, 6) is 0.736. The molecule has 23 heavy (non-hydrogen) atoms. The number of carbonyl (C=O) groups excluding carboxylic acids is 1. The summed E-state index contributed by atoms with van der Waals surface area (Å²) in [7, 11) is 1.37. The van der Waals surface area contributed by atoms with Gasteiger partial charge in [0.25, 0.3) is 0 Å². The summed E-state index contributed by atoms with van der Waals surface area (Å²) < 4.78 is 9.94. The molecule has 3 rings (SSSR count). The zero-order valence-electron chi connectivity index (χ0n) is 12.7. The first-order chi connectivity index (χ1) is 11.2. The second-order valence-electron chi connectivity index (χ2n) is 4.90. The summed E-state index contributed by atoms with van der Waals surface area (Å²) in [6.07, 6.45) is 0. The zero-order chi connectivity index (χ0) is 16.2. The Morgan fingerprint density at radius 3 is 2.96 bits per heavy atom. The van der Waals surface area contributed by atoms with Crippen LogP contribution in [0, 0.1) is 6.92 Å². The van der Waals surface area contributed by atoms with Gasteiger partial charge in [-0.05, 0) is 42.1 Å². The molecule has 0 bridgehead atoms. The van der Waals surface area contributed by atoms with Crippen LogP contribution in [0.25, 0.3) is 11.4 Å². The van der Waals surface area contributed by atoms with E-state index in [0.29, 0.717) is 23.8 Å². The molecule has 0 aliphatic rings. The topological polar surface area (TPSA) is 77.2 Å². The van der Waals surface area contributed by atoms with Gasteiger partial charge in [-0.2, -0.15) is 16.3 Å². The Bertz CT molecular complexity index is 812. The van der Waals surface area contributed by atoms with Crippen LogP contribution in [0.3, 0.4) is 0 Å². The lowest BCUT2D eigenvalue weighted by molar-refractivity contribution is 0.0600. The molecule has 0 aliphatic carbocycles. The number of ether oxygens (including phenoxy) is 1. The van der Waals surface area contributed by atoms with Crippen LogP contribution in [-0.4, -0.2) is 23.2 Å². The molecule has 0 saturated heterocycles. The van der Waals surface area contributed by atoms with E-state index in [-0.39, 0.29) is 5.97 Å². The van der Waals surface area contributed by atoms with Crippen LogP contribution in [0.15, 0.2) is 39.5 Å². The maximum atomic E-state index is 11.5. The summed E-state index contributed by atoms with van der Waals surface area (Å²) in [6.45, 7) is 2.33. The number of aryl methyl sites for hydroxylation is 1. The average molecular weight is 329 g/mol. The Balaban J connectivity index is 1.68. The first kappa shape index (κ1) is 15.2. The number of rotatable bonds is 5. The fraction of sp³-hybridized carbons (Fsp3) is 0.188. The molecule has 0 atom stereocenters. The van der Waals surface area contributed by atoms with E-state index in [1.54, 1.807) is 23.5 Å². The lowest BCUT2D eigenvalue weighted by Crippen LogP contribution is -2.05. The molecule has 6 nitrogen and oxygen atoms in total. The van der Waals surface area contributed by atoms with Crippen molar-refractivity contribution >= 4 is 23.0 Å². The molecule has 0 saturated carbocycles. The van der Waals surface area contributed by atoms with Gasteiger partial charge in [-0.25, -0.2) is 4.79 Å². The maximum absolute atomic E-state index is 11.5. The van der Waals surface area contributed by atoms with Gasteiger partial charge in [-0.15, -0.1) is 0 Å². The van der Waals surface area contributed by atoms with E-state index in [1.165, 1.54) is 7.11 Å². The van der Waals surface area contributed by atoms with Gasteiger partial charge < -0.3 is 14.6 Å². The summed E-state index contributed by atoms with van der Waals surface area (Å²) in [5, 5.41) is 11.1. The lowest BCUT2D eigenvalue weighted by atomic mass is 10.1. The number of nitrogens with zero attached hydrogens (tertiary/aromatic N) is 2. The molecule has 7 heteroatoms. The van der Waals surface area contributed by atoms with Crippen molar-refractivity contribution in [2.45, 2.75) is 13.5 Å². The second-order valence-corrected chi connectivity index (χ2v) is 5.68. The number of benzene rings is 1. The highest BCUT2D eigenvalue weighted by atomic mass is 32.1. The number of thiophene rings is 1. The number of methoxy groups -OCH3 is 1. The first-order valence-electron chi connectivity index (χ1n) is 6.95. The Labute approximate surface area is 137 Å². The summed E-state index contributed by atoms with van der Waals surface area (Å²) in [4.78, 5) is 15.8. The maximum Gasteiger partial charge on any atom is 0.337 e. The summed E-state index contributed by atoms with van der Waals surface area (Å²) >= 11 is 1.59. The van der Waals surface area contributed by atoms with Gasteiger partial charge in [-0.1, -0.05) is 5.16 Å². The molecule has 0 amide bonds. The Morgan fingerprint density at radius 1 is 1.39 bits per heavy atom. The van der Waals surface area contributed by atoms with E-state index in [2.05, 4.69) is 15.5 Å². The lowest BCUT2D eigenvalue weighted by Gasteiger charge is -2.08. The van der Waals surface area contributed by atoms with Gasteiger partial charge in [0.1, 0.15) is 0 Å². The average Bonchev–Trinajstić information content (AvgIpc) is 3.24. The number of hydrogen-bond donors (Lipinski definition) is 1. The van der Waals surface area contributed by atoms with Crippen molar-refractivity contribution in [3.63, 3.8) is 0 Å². The highest BCUT2D eigenvalue weighted by Gasteiger charge is 2.10. The standard InChI is InChI=1S/C16H15N3O3S/c1-10-7-11(16(20)21-2)3-4-13(10)17-8-14-18-15(19-22-14)12-5-6-23-9-12/h3-7,9,17H,8H2,1-2H3. The molecule has 2 heterocycles. The molecule has 2 aromatic heterocycles. The normalized spacial score (nSPS) is 10.5. The molecule has 1 aromatic carbocycles. The highest BCUT2D eigenvalue weighted by Crippen LogP contribution is 2.20. The number of nitrogens with one attached hydrogen (secondary N) is 1. The third-order valence-electron chi connectivity index (χ3n) is 3.33. The molecule has 1 N–H and O–H groups in total. The van der Waals surface area contributed by atoms with Crippen molar-refractivity contribution in [1.82, 2.24) is 10.1 Å². The van der Waals surface area contributed by atoms with Crippen molar-refractivity contribution in [2.75, 3.05) is 12.4 Å². The van der Waals surface area contributed by atoms with Gasteiger partial charge in [0.05, 0.1) is 19.2 Å². The van der Waals surface area contributed by atoms with Crippen LogP contribution >= 0.6 is 11.3 Å². The fourth-order valence-electron chi connectivity index (χ4n) is 2.11. The fourth-order valence-corrected chi connectivity index (χ4v) is 2.75. The first-order valence-corrected chi connectivity index (χ1v) is 7.89. The number of carbonyl (C=O) groups is 1. The van der Waals surface area contributed by atoms with Crippen molar-refractivity contribution in [3.05, 3.63) is 52.0 Å². The largest absolute Gasteiger partial charge is 0.465 e. The monoisotopic (exact) mass is 329 g/mol. The third-order valence-corrected chi connectivity index (χ3v) is 4.01. The van der Waals surface area contributed by atoms with E-state index in [4.69, 9.17) is 9.26 Å². The molecule has 0 spiro atoms. The number of hydrogen-bond acceptors (Lipinski definition) is 7. The molecule has 0 fully saturated rings. The quantitative estimate of drug-likeness (QED) is 0.722. The minimum Gasteiger partial charge on any atom is -0.465 e. The summed E-state index contributed by atoms with van der Waals surface area (Å²) in [6, 6.07) is 7.27. The van der Waals surface area contributed by atoms with Gasteiger partial charge in [0.2, 0.25) is 11.7 Å². The van der Waals surface area contributed by atoms with Crippen LogP contribution in [0.2, 0.25) is 0 Å². The minimum absolute atomic E-state index is 0.350. The number of anilines is 1. The second kappa shape index (κ2) is 6.62. The number of aromatic nitrogens is 2. The van der Waals surface area contributed by atoms with E-state index < -0.39 is 0 Å². The SMILES string of the molecule is COC(=O)c1ccc(NCc2nc(-c3ccsc3)no2)c(C)c1. The Kier molecular flexibility index (Phi) is 4.38. The zero-order valence-corrected chi connectivity index (χ0v) is 13.5. The van der Waals surface area contributed by atoms with Crippen LogP contribution in [0.4, 0.5) is 5.69 Å². The molecule has 3 aromatic rings. The van der Waals surface area contributed by atoms with Crippen molar-refractivity contribution in [3.8, 4) is 11.4 Å².